The van der Waals surface area contributed by atoms with E-state index in [1.807, 2.05) is 13.8 Å². The van der Waals surface area contributed by atoms with Gasteiger partial charge in [-0.25, -0.2) is 0 Å². The molecule has 1 fully saturated rings. The summed E-state index contributed by atoms with van der Waals surface area (Å²) in [5, 5.41) is 9.05. The average molecular weight is 326 g/mol. The first-order valence-corrected chi connectivity index (χ1v) is 7.59. The number of nitrogens with one attached hydrogen (secondary N) is 3. The fraction of sp³-hybridized carbons (Fsp3) is 0.467. The topological polar surface area (TPSA) is 79.5 Å². The fourth-order valence-corrected chi connectivity index (χ4v) is 2.28. The van der Waals surface area contributed by atoms with E-state index in [0.29, 0.717) is 29.4 Å². The first kappa shape index (κ1) is 16.7. The summed E-state index contributed by atoms with van der Waals surface area (Å²) >= 11 is 5.97. The predicted octanol–water partition coefficient (Wildman–Crippen LogP) is 1.41. The summed E-state index contributed by atoms with van der Waals surface area (Å²) < 4.78 is 5.40. The maximum Gasteiger partial charge on any atom is 0.254 e. The van der Waals surface area contributed by atoms with Gasteiger partial charge in [-0.15, -0.1) is 0 Å². The molecule has 1 atom stereocenters. The molecule has 0 radical (unpaired) electrons. The number of ether oxygens (including phenoxy) is 1. The van der Waals surface area contributed by atoms with Crippen LogP contribution < -0.4 is 16.0 Å². The van der Waals surface area contributed by atoms with Gasteiger partial charge < -0.3 is 20.7 Å². The Morgan fingerprint density at radius 1 is 1.41 bits per heavy atom. The van der Waals surface area contributed by atoms with Crippen molar-refractivity contribution in [1.29, 1.82) is 0 Å². The van der Waals surface area contributed by atoms with Gasteiger partial charge in [-0.3, -0.25) is 9.59 Å². The van der Waals surface area contributed by atoms with Gasteiger partial charge in [-0.1, -0.05) is 11.6 Å². The number of benzene rings is 1. The standard InChI is InChI=1S/C15H20ClN3O3/c1-9(2)18-14(20)11-4-3-10(16)7-12(11)19-15(21)13-8-17-5-6-22-13/h3-4,7,9,13,17H,5-6,8H2,1-2H3,(H,18,20)(H,19,21). The third kappa shape index (κ3) is 4.43. The molecule has 3 N–H and O–H groups in total. The van der Waals surface area contributed by atoms with Crippen molar-refractivity contribution in [3.05, 3.63) is 28.8 Å². The Balaban J connectivity index is 2.16. The van der Waals surface area contributed by atoms with Crippen LogP contribution in [0, 0.1) is 0 Å². The maximum absolute atomic E-state index is 12.2. The van der Waals surface area contributed by atoms with Crippen LogP contribution >= 0.6 is 11.6 Å². The maximum atomic E-state index is 12.2. The first-order valence-electron chi connectivity index (χ1n) is 7.21. The number of anilines is 1. The highest BCUT2D eigenvalue weighted by molar-refractivity contribution is 6.31. The summed E-state index contributed by atoms with van der Waals surface area (Å²) in [6.07, 6.45) is -0.575. The highest BCUT2D eigenvalue weighted by atomic mass is 35.5. The quantitative estimate of drug-likeness (QED) is 0.782. The normalized spacial score (nSPS) is 18.1. The number of rotatable bonds is 4. The summed E-state index contributed by atoms with van der Waals surface area (Å²) in [6, 6.07) is 4.77. The van der Waals surface area contributed by atoms with Crippen molar-refractivity contribution in [1.82, 2.24) is 10.6 Å². The SMILES string of the molecule is CC(C)NC(=O)c1ccc(Cl)cc1NC(=O)C1CNCCO1. The highest BCUT2D eigenvalue weighted by Crippen LogP contribution is 2.22. The van der Waals surface area contributed by atoms with Gasteiger partial charge in [0.2, 0.25) is 0 Å². The summed E-state index contributed by atoms with van der Waals surface area (Å²) in [5.74, 6) is -0.558. The van der Waals surface area contributed by atoms with E-state index in [1.165, 1.54) is 0 Å². The molecule has 1 unspecified atom stereocenters. The second kappa shape index (κ2) is 7.58. The molecule has 1 aliphatic heterocycles. The van der Waals surface area contributed by atoms with Crippen molar-refractivity contribution in [2.24, 2.45) is 0 Å². The monoisotopic (exact) mass is 325 g/mol. The van der Waals surface area contributed by atoms with Gasteiger partial charge in [0.25, 0.3) is 11.8 Å². The number of hydrogen-bond donors (Lipinski definition) is 3. The molecule has 1 aliphatic rings. The van der Waals surface area contributed by atoms with E-state index in [-0.39, 0.29) is 17.9 Å². The van der Waals surface area contributed by atoms with E-state index in [0.717, 1.165) is 6.54 Å². The van der Waals surface area contributed by atoms with Gasteiger partial charge in [0.05, 0.1) is 17.9 Å². The van der Waals surface area contributed by atoms with Crippen molar-refractivity contribution in [3.63, 3.8) is 0 Å². The van der Waals surface area contributed by atoms with Gasteiger partial charge in [-0.05, 0) is 32.0 Å². The average Bonchev–Trinajstić information content (AvgIpc) is 2.47. The van der Waals surface area contributed by atoms with Crippen molar-refractivity contribution < 1.29 is 14.3 Å². The lowest BCUT2D eigenvalue weighted by Gasteiger charge is -2.23. The van der Waals surface area contributed by atoms with Crippen LogP contribution in [0.1, 0.15) is 24.2 Å². The number of carbonyl (C=O) groups is 2. The summed E-state index contributed by atoms with van der Waals surface area (Å²) in [4.78, 5) is 24.4. The smallest absolute Gasteiger partial charge is 0.254 e. The fourth-order valence-electron chi connectivity index (χ4n) is 2.10. The third-order valence-electron chi connectivity index (χ3n) is 3.12. The molecule has 0 aromatic heterocycles. The lowest BCUT2D eigenvalue weighted by atomic mass is 10.1. The Kier molecular flexibility index (Phi) is 5.76. The predicted molar refractivity (Wildman–Crippen MR) is 85.3 cm³/mol. The third-order valence-corrected chi connectivity index (χ3v) is 3.36. The minimum absolute atomic E-state index is 0.00222. The van der Waals surface area contributed by atoms with Crippen molar-refractivity contribution >= 4 is 29.1 Å². The molecule has 0 spiro atoms. The van der Waals surface area contributed by atoms with Crippen LogP contribution in [0.3, 0.4) is 0 Å². The molecule has 2 amide bonds. The Labute approximate surface area is 134 Å². The Bertz CT molecular complexity index is 557. The molecule has 2 rings (SSSR count). The summed E-state index contributed by atoms with van der Waals surface area (Å²) in [7, 11) is 0. The minimum atomic E-state index is -0.575. The van der Waals surface area contributed by atoms with Gasteiger partial charge in [-0.2, -0.15) is 0 Å². The molecule has 0 bridgehead atoms. The number of carbonyl (C=O) groups excluding carboxylic acids is 2. The number of morpholine rings is 1. The molecule has 1 saturated heterocycles. The van der Waals surface area contributed by atoms with Crippen molar-refractivity contribution in [3.8, 4) is 0 Å². The Morgan fingerprint density at radius 3 is 2.82 bits per heavy atom. The van der Waals surface area contributed by atoms with Crippen LogP contribution in [0.25, 0.3) is 0 Å². The lowest BCUT2D eigenvalue weighted by Crippen LogP contribution is -2.45. The molecule has 1 heterocycles. The van der Waals surface area contributed by atoms with Crippen LogP contribution in [0.2, 0.25) is 5.02 Å². The molecule has 1 aromatic rings. The summed E-state index contributed by atoms with van der Waals surface area (Å²) in [5.41, 5.74) is 0.750. The molecular formula is C15H20ClN3O3. The number of hydrogen-bond acceptors (Lipinski definition) is 4. The summed E-state index contributed by atoms with van der Waals surface area (Å²) in [6.45, 7) is 5.39. The molecule has 0 saturated carbocycles. The lowest BCUT2D eigenvalue weighted by molar-refractivity contribution is -0.128. The zero-order valence-electron chi connectivity index (χ0n) is 12.6. The zero-order valence-corrected chi connectivity index (χ0v) is 13.4. The van der Waals surface area contributed by atoms with Crippen LogP contribution in [0.5, 0.6) is 0 Å². The van der Waals surface area contributed by atoms with Gasteiger partial charge >= 0.3 is 0 Å². The number of halogens is 1. The minimum Gasteiger partial charge on any atom is -0.366 e. The van der Waals surface area contributed by atoms with E-state index >= 15 is 0 Å². The van der Waals surface area contributed by atoms with Gasteiger partial charge in [0.1, 0.15) is 6.10 Å². The molecular weight excluding hydrogens is 306 g/mol. The second-order valence-corrected chi connectivity index (χ2v) is 5.81. The van der Waals surface area contributed by atoms with Crippen molar-refractivity contribution in [2.45, 2.75) is 26.0 Å². The largest absolute Gasteiger partial charge is 0.366 e. The van der Waals surface area contributed by atoms with E-state index in [2.05, 4.69) is 16.0 Å². The Morgan fingerprint density at radius 2 is 2.18 bits per heavy atom. The Hall–Kier alpha value is -1.63. The molecule has 7 heteroatoms. The number of amides is 2. The van der Waals surface area contributed by atoms with E-state index in [4.69, 9.17) is 16.3 Å². The van der Waals surface area contributed by atoms with E-state index < -0.39 is 6.10 Å². The molecule has 120 valence electrons. The van der Waals surface area contributed by atoms with Gasteiger partial charge in [0, 0.05) is 24.2 Å². The highest BCUT2D eigenvalue weighted by Gasteiger charge is 2.23. The molecule has 6 nitrogen and oxygen atoms in total. The van der Waals surface area contributed by atoms with Crippen molar-refractivity contribution in [2.75, 3.05) is 25.0 Å². The van der Waals surface area contributed by atoms with E-state index in [1.54, 1.807) is 18.2 Å². The van der Waals surface area contributed by atoms with Crippen LogP contribution in [-0.4, -0.2) is 43.7 Å². The van der Waals surface area contributed by atoms with Crippen LogP contribution in [0.15, 0.2) is 18.2 Å². The van der Waals surface area contributed by atoms with Crippen LogP contribution in [0.4, 0.5) is 5.69 Å². The molecule has 22 heavy (non-hydrogen) atoms. The zero-order chi connectivity index (χ0) is 16.1. The second-order valence-electron chi connectivity index (χ2n) is 5.37. The van der Waals surface area contributed by atoms with Gasteiger partial charge in [0.15, 0.2) is 0 Å². The van der Waals surface area contributed by atoms with Crippen LogP contribution in [-0.2, 0) is 9.53 Å². The first-order chi connectivity index (χ1) is 10.5. The van der Waals surface area contributed by atoms with E-state index in [9.17, 15) is 9.59 Å². The molecule has 0 aliphatic carbocycles. The molecule has 1 aromatic carbocycles.